The van der Waals surface area contributed by atoms with Gasteiger partial charge in [-0.15, -0.1) is 24.0 Å². The van der Waals surface area contributed by atoms with Crippen LogP contribution >= 0.6 is 24.0 Å². The van der Waals surface area contributed by atoms with Crippen molar-refractivity contribution in [2.24, 2.45) is 4.99 Å². The molecule has 2 heterocycles. The van der Waals surface area contributed by atoms with Gasteiger partial charge in [-0.2, -0.15) is 5.10 Å². The number of hydrogen-bond donors (Lipinski definition) is 2. The SMILES string of the molecule is CN=C(NCCc1cccc(C(=O)N(C)C)c1)NC1CCCn2nc(C)nc21.I. The minimum absolute atomic E-state index is 0. The second kappa shape index (κ2) is 10.6. The van der Waals surface area contributed by atoms with Crippen molar-refractivity contribution in [1.82, 2.24) is 30.3 Å². The molecule has 1 unspecified atom stereocenters. The lowest BCUT2D eigenvalue weighted by molar-refractivity contribution is 0.0827. The van der Waals surface area contributed by atoms with Crippen LogP contribution < -0.4 is 10.6 Å². The predicted molar refractivity (Wildman–Crippen MR) is 125 cm³/mol. The van der Waals surface area contributed by atoms with E-state index in [0.29, 0.717) is 5.56 Å². The number of aromatic nitrogens is 3. The molecule has 0 spiro atoms. The van der Waals surface area contributed by atoms with Crippen LogP contribution in [0, 0.1) is 6.92 Å². The van der Waals surface area contributed by atoms with Crippen LogP contribution in [-0.4, -0.2) is 59.2 Å². The largest absolute Gasteiger partial charge is 0.356 e. The number of nitrogens with one attached hydrogen (secondary N) is 2. The van der Waals surface area contributed by atoms with Crippen LogP contribution in [0.25, 0.3) is 0 Å². The summed E-state index contributed by atoms with van der Waals surface area (Å²) in [5.41, 5.74) is 1.82. The Hall–Kier alpha value is -2.17. The van der Waals surface area contributed by atoms with Gasteiger partial charge in [0.15, 0.2) is 5.96 Å². The van der Waals surface area contributed by atoms with Crippen molar-refractivity contribution in [1.29, 1.82) is 0 Å². The van der Waals surface area contributed by atoms with Crippen LogP contribution in [0.2, 0.25) is 0 Å². The van der Waals surface area contributed by atoms with Crippen LogP contribution in [0.5, 0.6) is 0 Å². The highest BCUT2D eigenvalue weighted by Gasteiger charge is 2.24. The van der Waals surface area contributed by atoms with Gasteiger partial charge < -0.3 is 15.5 Å². The Morgan fingerprint density at radius 1 is 1.38 bits per heavy atom. The van der Waals surface area contributed by atoms with Gasteiger partial charge in [0.1, 0.15) is 11.6 Å². The molecule has 0 aliphatic carbocycles. The molecule has 1 aromatic heterocycles. The molecule has 0 radical (unpaired) electrons. The predicted octanol–water partition coefficient (Wildman–Crippen LogP) is 2.15. The van der Waals surface area contributed by atoms with Crippen LogP contribution in [0.4, 0.5) is 0 Å². The van der Waals surface area contributed by atoms with E-state index < -0.39 is 0 Å². The molecule has 1 atom stereocenters. The topological polar surface area (TPSA) is 87.4 Å². The maximum atomic E-state index is 12.1. The molecule has 0 fully saturated rings. The molecular formula is C20H30IN7O. The standard InChI is InChI=1S/C20H29N7O.HI/c1-14-23-18-17(9-6-12-27(18)25-14)24-20(21-2)22-11-10-15-7-5-8-16(13-15)19(28)26(3)4;/h5,7-8,13,17H,6,9-12H2,1-4H3,(H2,21,22,24);1H. The first-order chi connectivity index (χ1) is 13.5. The summed E-state index contributed by atoms with van der Waals surface area (Å²) in [5, 5.41) is 11.3. The minimum atomic E-state index is 0. The molecule has 158 valence electrons. The Morgan fingerprint density at radius 2 is 2.17 bits per heavy atom. The monoisotopic (exact) mass is 511 g/mol. The van der Waals surface area contributed by atoms with E-state index in [0.717, 1.165) is 55.5 Å². The number of rotatable bonds is 5. The van der Waals surface area contributed by atoms with Crippen molar-refractivity contribution < 1.29 is 4.79 Å². The Bertz CT molecular complexity index is 862. The van der Waals surface area contributed by atoms with Crippen LogP contribution in [0.3, 0.4) is 0 Å². The summed E-state index contributed by atoms with van der Waals surface area (Å²) in [4.78, 5) is 22.6. The van der Waals surface area contributed by atoms with Gasteiger partial charge in [0, 0.05) is 39.8 Å². The summed E-state index contributed by atoms with van der Waals surface area (Å²) in [7, 11) is 5.30. The summed E-state index contributed by atoms with van der Waals surface area (Å²) in [6.45, 7) is 3.56. The smallest absolute Gasteiger partial charge is 0.253 e. The molecule has 8 nitrogen and oxygen atoms in total. The molecular weight excluding hydrogens is 481 g/mol. The van der Waals surface area contributed by atoms with Crippen molar-refractivity contribution in [3.8, 4) is 0 Å². The minimum Gasteiger partial charge on any atom is -0.356 e. The van der Waals surface area contributed by atoms with E-state index in [1.54, 1.807) is 26.0 Å². The number of aliphatic imine (C=N–C) groups is 1. The molecule has 0 saturated heterocycles. The molecule has 0 saturated carbocycles. The van der Waals surface area contributed by atoms with E-state index in [4.69, 9.17) is 0 Å². The highest BCUT2D eigenvalue weighted by molar-refractivity contribution is 14.0. The quantitative estimate of drug-likeness (QED) is 0.365. The highest BCUT2D eigenvalue weighted by atomic mass is 127. The maximum absolute atomic E-state index is 12.1. The number of aryl methyl sites for hydroxylation is 2. The third kappa shape index (κ3) is 5.91. The van der Waals surface area contributed by atoms with E-state index in [2.05, 4.69) is 25.7 Å². The van der Waals surface area contributed by atoms with E-state index >= 15 is 0 Å². The first-order valence-corrected chi connectivity index (χ1v) is 9.67. The number of nitrogens with zero attached hydrogens (tertiary/aromatic N) is 5. The van der Waals surface area contributed by atoms with Gasteiger partial charge in [0.05, 0.1) is 6.04 Å². The number of benzene rings is 1. The number of carbonyl (C=O) groups excluding carboxylic acids is 1. The van der Waals surface area contributed by atoms with Crippen LogP contribution in [0.15, 0.2) is 29.3 Å². The first kappa shape index (κ1) is 23.1. The van der Waals surface area contributed by atoms with Crippen molar-refractivity contribution >= 4 is 35.8 Å². The van der Waals surface area contributed by atoms with Gasteiger partial charge in [-0.05, 0) is 43.9 Å². The van der Waals surface area contributed by atoms with Crippen LogP contribution in [0.1, 0.15) is 46.5 Å². The third-order valence-corrected chi connectivity index (χ3v) is 4.80. The van der Waals surface area contributed by atoms with Crippen molar-refractivity contribution in [2.45, 2.75) is 38.8 Å². The summed E-state index contributed by atoms with van der Waals surface area (Å²) in [6.07, 6.45) is 2.87. The summed E-state index contributed by atoms with van der Waals surface area (Å²) in [6, 6.07) is 7.88. The number of amides is 1. The molecule has 0 bridgehead atoms. The van der Waals surface area contributed by atoms with Crippen molar-refractivity contribution in [3.63, 3.8) is 0 Å². The summed E-state index contributed by atoms with van der Waals surface area (Å²) in [5.74, 6) is 2.55. The number of carbonyl (C=O) groups is 1. The van der Waals surface area contributed by atoms with E-state index in [1.807, 2.05) is 35.9 Å². The molecule has 2 N–H and O–H groups in total. The van der Waals surface area contributed by atoms with Crippen LogP contribution in [-0.2, 0) is 13.0 Å². The normalized spacial score (nSPS) is 15.9. The summed E-state index contributed by atoms with van der Waals surface area (Å²) < 4.78 is 1.98. The van der Waals surface area contributed by atoms with Gasteiger partial charge in [0.2, 0.25) is 0 Å². The highest BCUT2D eigenvalue weighted by Crippen LogP contribution is 2.22. The van der Waals surface area contributed by atoms with Gasteiger partial charge in [-0.1, -0.05) is 12.1 Å². The van der Waals surface area contributed by atoms with Gasteiger partial charge in [-0.25, -0.2) is 9.67 Å². The maximum Gasteiger partial charge on any atom is 0.253 e. The Balaban J connectivity index is 0.00000300. The number of fused-ring (bicyclic) bond motifs is 1. The van der Waals surface area contributed by atoms with E-state index in [9.17, 15) is 4.79 Å². The zero-order valence-electron chi connectivity index (χ0n) is 17.5. The lowest BCUT2D eigenvalue weighted by atomic mass is 10.1. The molecule has 9 heteroatoms. The fourth-order valence-electron chi connectivity index (χ4n) is 3.41. The molecule has 29 heavy (non-hydrogen) atoms. The zero-order chi connectivity index (χ0) is 20.1. The zero-order valence-corrected chi connectivity index (χ0v) is 19.8. The number of halogens is 1. The Morgan fingerprint density at radius 3 is 2.90 bits per heavy atom. The summed E-state index contributed by atoms with van der Waals surface area (Å²) >= 11 is 0. The van der Waals surface area contributed by atoms with Crippen molar-refractivity contribution in [3.05, 3.63) is 47.0 Å². The van der Waals surface area contributed by atoms with Gasteiger partial charge >= 0.3 is 0 Å². The van der Waals surface area contributed by atoms with Crippen molar-refractivity contribution in [2.75, 3.05) is 27.7 Å². The molecule has 3 rings (SSSR count). The molecule has 1 aromatic carbocycles. The van der Waals surface area contributed by atoms with Gasteiger partial charge in [-0.3, -0.25) is 9.79 Å². The molecule has 1 aliphatic rings. The lowest BCUT2D eigenvalue weighted by Gasteiger charge is -2.25. The Kier molecular flexibility index (Phi) is 8.42. The molecule has 1 aliphatic heterocycles. The van der Waals surface area contributed by atoms with Gasteiger partial charge in [0.25, 0.3) is 5.91 Å². The van der Waals surface area contributed by atoms with E-state index in [1.165, 1.54) is 0 Å². The molecule has 2 aromatic rings. The second-order valence-electron chi connectivity index (χ2n) is 7.23. The Labute approximate surface area is 189 Å². The fraction of sp³-hybridized carbons (Fsp3) is 0.500. The average molecular weight is 511 g/mol. The second-order valence-corrected chi connectivity index (χ2v) is 7.23. The first-order valence-electron chi connectivity index (χ1n) is 9.67. The number of hydrogen-bond acceptors (Lipinski definition) is 4. The fourth-order valence-corrected chi connectivity index (χ4v) is 3.41. The van der Waals surface area contributed by atoms with E-state index in [-0.39, 0.29) is 35.9 Å². The average Bonchev–Trinajstić information content (AvgIpc) is 3.07. The number of guanidine groups is 1. The third-order valence-electron chi connectivity index (χ3n) is 4.80. The lowest BCUT2D eigenvalue weighted by Crippen LogP contribution is -2.42. The molecule has 1 amide bonds.